The van der Waals surface area contributed by atoms with Crippen molar-refractivity contribution in [2.75, 3.05) is 19.3 Å². The van der Waals surface area contributed by atoms with E-state index in [2.05, 4.69) is 18.7 Å². The highest BCUT2D eigenvalue weighted by atomic mass is 32.2. The first-order chi connectivity index (χ1) is 8.22. The number of sulfone groups is 1. The molecule has 0 bridgehead atoms. The fraction of sp³-hybridized carbons (Fsp3) is 1.00. The standard InChI is InChI=1S/C13H26N2O2S/c1-13(2)9-15(8-7-12(13)14)10-5-4-6-11(10)18(3,16)17/h10-12H,4-9,14H2,1-3H3. The molecule has 2 aliphatic rings. The second-order valence-electron chi connectivity index (χ2n) is 6.72. The minimum atomic E-state index is -2.92. The second kappa shape index (κ2) is 4.76. The molecule has 3 atom stereocenters. The highest BCUT2D eigenvalue weighted by Crippen LogP contribution is 2.35. The van der Waals surface area contributed by atoms with E-state index >= 15 is 0 Å². The quantitative estimate of drug-likeness (QED) is 0.816. The van der Waals surface area contributed by atoms with Gasteiger partial charge in [0.25, 0.3) is 0 Å². The van der Waals surface area contributed by atoms with Crippen LogP contribution < -0.4 is 5.73 Å². The maximum Gasteiger partial charge on any atom is 0.151 e. The Kier molecular flexibility index (Phi) is 3.78. The lowest BCUT2D eigenvalue weighted by Gasteiger charge is -2.46. The average Bonchev–Trinajstić information content (AvgIpc) is 2.70. The zero-order chi connectivity index (χ0) is 13.6. The second-order valence-corrected chi connectivity index (χ2v) is 8.99. The molecule has 0 aromatic carbocycles. The fourth-order valence-corrected chi connectivity index (χ4v) is 5.00. The van der Waals surface area contributed by atoms with Crippen LogP contribution >= 0.6 is 0 Å². The maximum absolute atomic E-state index is 11.9. The van der Waals surface area contributed by atoms with Gasteiger partial charge in [-0.2, -0.15) is 0 Å². The molecule has 0 aromatic rings. The summed E-state index contributed by atoms with van der Waals surface area (Å²) in [7, 11) is -2.92. The molecule has 1 saturated heterocycles. The van der Waals surface area contributed by atoms with Crippen molar-refractivity contribution in [3.05, 3.63) is 0 Å². The molecule has 1 aliphatic carbocycles. The molecular weight excluding hydrogens is 248 g/mol. The number of rotatable bonds is 2. The molecule has 0 radical (unpaired) electrons. The molecule has 0 aromatic heterocycles. The van der Waals surface area contributed by atoms with Gasteiger partial charge in [0.1, 0.15) is 0 Å². The van der Waals surface area contributed by atoms with Gasteiger partial charge in [0.15, 0.2) is 9.84 Å². The largest absolute Gasteiger partial charge is 0.327 e. The van der Waals surface area contributed by atoms with Crippen LogP contribution in [0.2, 0.25) is 0 Å². The molecule has 1 aliphatic heterocycles. The third-order valence-corrected chi connectivity index (χ3v) is 6.43. The van der Waals surface area contributed by atoms with Crippen molar-refractivity contribution in [1.29, 1.82) is 0 Å². The molecule has 18 heavy (non-hydrogen) atoms. The number of nitrogens with two attached hydrogens (primary N) is 1. The molecular formula is C13H26N2O2S. The number of piperidine rings is 1. The van der Waals surface area contributed by atoms with Crippen molar-refractivity contribution in [3.8, 4) is 0 Å². The summed E-state index contributed by atoms with van der Waals surface area (Å²) in [6, 6.07) is 0.443. The third-order valence-electron chi connectivity index (χ3n) is 4.78. The number of likely N-dealkylation sites (tertiary alicyclic amines) is 1. The van der Waals surface area contributed by atoms with Gasteiger partial charge in [-0.3, -0.25) is 4.90 Å². The Balaban J connectivity index is 2.12. The van der Waals surface area contributed by atoms with Crippen molar-refractivity contribution in [1.82, 2.24) is 4.90 Å². The van der Waals surface area contributed by atoms with Crippen LogP contribution in [-0.4, -0.2) is 50.0 Å². The van der Waals surface area contributed by atoms with Crippen molar-refractivity contribution in [3.63, 3.8) is 0 Å². The maximum atomic E-state index is 11.9. The van der Waals surface area contributed by atoms with Crippen LogP contribution in [0.25, 0.3) is 0 Å². The summed E-state index contributed by atoms with van der Waals surface area (Å²) < 4.78 is 23.7. The summed E-state index contributed by atoms with van der Waals surface area (Å²) in [5, 5.41) is -0.164. The number of hydrogen-bond acceptors (Lipinski definition) is 4. The van der Waals surface area contributed by atoms with Gasteiger partial charge < -0.3 is 5.73 Å². The van der Waals surface area contributed by atoms with E-state index < -0.39 is 9.84 Å². The van der Waals surface area contributed by atoms with E-state index in [0.29, 0.717) is 0 Å². The molecule has 0 amide bonds. The SMILES string of the molecule is CC1(C)CN(C2CCCC2S(C)(=O)=O)CCC1N. The predicted octanol–water partition coefficient (Wildman–Crippen LogP) is 1.01. The topological polar surface area (TPSA) is 63.4 Å². The lowest BCUT2D eigenvalue weighted by atomic mass is 9.79. The monoisotopic (exact) mass is 274 g/mol. The van der Waals surface area contributed by atoms with Gasteiger partial charge in [0.2, 0.25) is 0 Å². The van der Waals surface area contributed by atoms with Crippen LogP contribution in [0, 0.1) is 5.41 Å². The van der Waals surface area contributed by atoms with E-state index in [0.717, 1.165) is 38.8 Å². The molecule has 4 nitrogen and oxygen atoms in total. The lowest BCUT2D eigenvalue weighted by Crippen LogP contribution is -2.57. The van der Waals surface area contributed by atoms with Crippen molar-refractivity contribution in [2.24, 2.45) is 11.1 Å². The summed E-state index contributed by atoms with van der Waals surface area (Å²) in [6.45, 7) is 6.24. The summed E-state index contributed by atoms with van der Waals surface area (Å²) >= 11 is 0. The highest BCUT2D eigenvalue weighted by Gasteiger charge is 2.43. The first-order valence-corrected chi connectivity index (χ1v) is 8.86. The molecule has 2 N–H and O–H groups in total. The first kappa shape index (κ1) is 14.3. The van der Waals surface area contributed by atoms with Gasteiger partial charge in [0, 0.05) is 24.9 Å². The van der Waals surface area contributed by atoms with E-state index in [1.54, 1.807) is 0 Å². The van der Waals surface area contributed by atoms with E-state index in [1.807, 2.05) is 0 Å². The molecule has 106 valence electrons. The summed E-state index contributed by atoms with van der Waals surface area (Å²) in [6.07, 6.45) is 5.23. The Hall–Kier alpha value is -0.130. The fourth-order valence-electron chi connectivity index (χ4n) is 3.52. The van der Waals surface area contributed by atoms with Crippen LogP contribution in [0.15, 0.2) is 0 Å². The molecule has 0 spiro atoms. The molecule has 5 heteroatoms. The molecule has 2 rings (SSSR count). The highest BCUT2D eigenvalue weighted by molar-refractivity contribution is 7.91. The number of nitrogens with zero attached hydrogens (tertiary/aromatic N) is 1. The van der Waals surface area contributed by atoms with Crippen molar-refractivity contribution >= 4 is 9.84 Å². The first-order valence-electron chi connectivity index (χ1n) is 6.90. The van der Waals surface area contributed by atoms with Gasteiger partial charge in [-0.05, 0) is 31.2 Å². The smallest absolute Gasteiger partial charge is 0.151 e. The van der Waals surface area contributed by atoms with E-state index in [9.17, 15) is 8.42 Å². The minimum absolute atomic E-state index is 0.0862. The Morgan fingerprint density at radius 2 is 1.89 bits per heavy atom. The van der Waals surface area contributed by atoms with Gasteiger partial charge in [0.05, 0.1) is 5.25 Å². The van der Waals surface area contributed by atoms with Crippen LogP contribution in [0.4, 0.5) is 0 Å². The van der Waals surface area contributed by atoms with E-state index in [-0.39, 0.29) is 22.7 Å². The Bertz CT molecular complexity index is 405. The molecule has 1 heterocycles. The van der Waals surface area contributed by atoms with Crippen molar-refractivity contribution < 1.29 is 8.42 Å². The molecule has 2 fully saturated rings. The normalized spacial score (nSPS) is 37.9. The van der Waals surface area contributed by atoms with Gasteiger partial charge >= 0.3 is 0 Å². The Labute approximate surface area is 111 Å². The zero-order valence-corrected chi connectivity index (χ0v) is 12.5. The average molecular weight is 274 g/mol. The summed E-state index contributed by atoms with van der Waals surface area (Å²) in [5.41, 5.74) is 6.24. The number of hydrogen-bond donors (Lipinski definition) is 1. The third kappa shape index (κ3) is 2.73. The van der Waals surface area contributed by atoms with Crippen LogP contribution in [0.3, 0.4) is 0 Å². The summed E-state index contributed by atoms with van der Waals surface area (Å²) in [4.78, 5) is 2.38. The minimum Gasteiger partial charge on any atom is -0.327 e. The Morgan fingerprint density at radius 3 is 2.44 bits per heavy atom. The lowest BCUT2D eigenvalue weighted by molar-refractivity contribution is 0.0638. The summed E-state index contributed by atoms with van der Waals surface area (Å²) in [5.74, 6) is 0. The van der Waals surface area contributed by atoms with Gasteiger partial charge in [-0.25, -0.2) is 8.42 Å². The predicted molar refractivity (Wildman–Crippen MR) is 74.2 cm³/mol. The molecule has 3 unspecified atom stereocenters. The van der Waals surface area contributed by atoms with Crippen LogP contribution in [0.1, 0.15) is 39.5 Å². The molecule has 1 saturated carbocycles. The Morgan fingerprint density at radius 1 is 1.22 bits per heavy atom. The zero-order valence-electron chi connectivity index (χ0n) is 11.7. The van der Waals surface area contributed by atoms with E-state index in [4.69, 9.17) is 5.73 Å². The van der Waals surface area contributed by atoms with Gasteiger partial charge in [-0.15, -0.1) is 0 Å². The van der Waals surface area contributed by atoms with Gasteiger partial charge in [-0.1, -0.05) is 20.3 Å². The van der Waals surface area contributed by atoms with Crippen molar-refractivity contribution in [2.45, 2.75) is 56.9 Å². The van der Waals surface area contributed by atoms with Crippen LogP contribution in [-0.2, 0) is 9.84 Å². The van der Waals surface area contributed by atoms with Crippen LogP contribution in [0.5, 0.6) is 0 Å². The van der Waals surface area contributed by atoms with E-state index in [1.165, 1.54) is 6.26 Å².